The largest absolute Gasteiger partial charge is 0.573 e. The number of halogens is 4. The number of ether oxygens (including phenoxy) is 2. The fourth-order valence-electron chi connectivity index (χ4n) is 2.72. The topological polar surface area (TPSA) is 44.5 Å². The molecule has 3 rings (SSSR count). The maximum atomic E-state index is 12.8. The zero-order chi connectivity index (χ0) is 20.3. The summed E-state index contributed by atoms with van der Waals surface area (Å²) in [7, 11) is 0. The Bertz CT molecular complexity index is 954. The molecule has 0 amide bonds. The van der Waals surface area contributed by atoms with Crippen LogP contribution in [0.15, 0.2) is 53.1 Å². The van der Waals surface area contributed by atoms with Gasteiger partial charge in [-0.15, -0.1) is 13.2 Å². The molecule has 0 bridgehead atoms. The zero-order valence-electron chi connectivity index (χ0n) is 15.1. The third kappa shape index (κ3) is 4.78. The summed E-state index contributed by atoms with van der Waals surface area (Å²) < 4.78 is 53.7. The van der Waals surface area contributed by atoms with Gasteiger partial charge in [-0.05, 0) is 30.3 Å². The van der Waals surface area contributed by atoms with Gasteiger partial charge in [-0.1, -0.05) is 48.8 Å². The Morgan fingerprint density at radius 3 is 2.54 bits per heavy atom. The molecule has 1 aromatic heterocycles. The van der Waals surface area contributed by atoms with E-state index in [1.807, 2.05) is 13.8 Å². The third-order valence-electron chi connectivity index (χ3n) is 3.89. The molecular weight excluding hydrogens is 395 g/mol. The van der Waals surface area contributed by atoms with E-state index in [0.717, 1.165) is 0 Å². The Morgan fingerprint density at radius 1 is 1.11 bits per heavy atom. The third-order valence-corrected chi connectivity index (χ3v) is 4.13. The van der Waals surface area contributed by atoms with Crippen LogP contribution in [-0.4, -0.2) is 11.5 Å². The van der Waals surface area contributed by atoms with Crippen molar-refractivity contribution in [3.63, 3.8) is 0 Å². The van der Waals surface area contributed by atoms with Gasteiger partial charge in [0.25, 0.3) is 0 Å². The summed E-state index contributed by atoms with van der Waals surface area (Å²) in [5.74, 6) is 0.644. The minimum Gasteiger partial charge on any atom is -0.489 e. The Kier molecular flexibility index (Phi) is 5.84. The van der Waals surface area contributed by atoms with Gasteiger partial charge >= 0.3 is 6.36 Å². The Balaban J connectivity index is 1.99. The van der Waals surface area contributed by atoms with Gasteiger partial charge in [0.2, 0.25) is 0 Å². The molecule has 0 aliphatic heterocycles. The second-order valence-corrected chi connectivity index (χ2v) is 6.76. The molecule has 8 heteroatoms. The van der Waals surface area contributed by atoms with E-state index in [0.29, 0.717) is 22.1 Å². The number of alkyl halides is 3. The number of nitrogens with zero attached hydrogens (tertiary/aromatic N) is 1. The summed E-state index contributed by atoms with van der Waals surface area (Å²) in [6.07, 6.45) is -4.82. The molecule has 0 fully saturated rings. The van der Waals surface area contributed by atoms with Gasteiger partial charge in [0.05, 0.1) is 5.56 Å². The minimum atomic E-state index is -4.82. The van der Waals surface area contributed by atoms with Gasteiger partial charge in [0, 0.05) is 16.5 Å². The monoisotopic (exact) mass is 411 g/mol. The van der Waals surface area contributed by atoms with Crippen LogP contribution in [0.4, 0.5) is 13.2 Å². The molecule has 4 nitrogen and oxygen atoms in total. The van der Waals surface area contributed by atoms with E-state index >= 15 is 0 Å². The summed E-state index contributed by atoms with van der Waals surface area (Å²) in [6, 6.07) is 12.6. The van der Waals surface area contributed by atoms with Gasteiger partial charge < -0.3 is 14.0 Å². The number of hydrogen-bond acceptors (Lipinski definition) is 4. The SMILES string of the molecule is CC(C)c1onc(-c2ccccc2OC(F)(F)F)c1COc1cccc(Cl)c1. The molecule has 3 aromatic rings. The van der Waals surface area contributed by atoms with Crippen LogP contribution in [0.1, 0.15) is 31.1 Å². The number of rotatable bonds is 6. The van der Waals surface area contributed by atoms with Crippen molar-refractivity contribution in [2.24, 2.45) is 0 Å². The lowest BCUT2D eigenvalue weighted by atomic mass is 10.0. The first-order chi connectivity index (χ1) is 13.2. The zero-order valence-corrected chi connectivity index (χ0v) is 15.8. The van der Waals surface area contributed by atoms with Crippen LogP contribution in [0.3, 0.4) is 0 Å². The first kappa shape index (κ1) is 20.1. The Hall–Kier alpha value is -2.67. The molecule has 0 saturated carbocycles. The summed E-state index contributed by atoms with van der Waals surface area (Å²) in [5, 5.41) is 4.51. The van der Waals surface area contributed by atoms with Gasteiger partial charge in [-0.2, -0.15) is 0 Å². The lowest BCUT2D eigenvalue weighted by Crippen LogP contribution is -2.17. The first-order valence-corrected chi connectivity index (χ1v) is 8.84. The van der Waals surface area contributed by atoms with Gasteiger partial charge in [-0.25, -0.2) is 0 Å². The molecule has 2 aromatic carbocycles. The van der Waals surface area contributed by atoms with Crippen molar-refractivity contribution in [2.75, 3.05) is 0 Å². The smallest absolute Gasteiger partial charge is 0.489 e. The van der Waals surface area contributed by atoms with Crippen LogP contribution >= 0.6 is 11.6 Å². The van der Waals surface area contributed by atoms with Crippen molar-refractivity contribution in [1.29, 1.82) is 0 Å². The average molecular weight is 412 g/mol. The highest BCUT2D eigenvalue weighted by Crippen LogP contribution is 2.37. The van der Waals surface area contributed by atoms with Crippen LogP contribution < -0.4 is 9.47 Å². The van der Waals surface area contributed by atoms with Gasteiger partial charge in [-0.3, -0.25) is 0 Å². The fraction of sp³-hybridized carbons (Fsp3) is 0.250. The highest BCUT2D eigenvalue weighted by atomic mass is 35.5. The first-order valence-electron chi connectivity index (χ1n) is 8.46. The highest BCUT2D eigenvalue weighted by Gasteiger charge is 2.33. The normalized spacial score (nSPS) is 11.7. The summed E-state index contributed by atoms with van der Waals surface area (Å²) in [6.45, 7) is 3.84. The van der Waals surface area contributed by atoms with Crippen molar-refractivity contribution >= 4 is 11.6 Å². The fourth-order valence-corrected chi connectivity index (χ4v) is 2.90. The van der Waals surface area contributed by atoms with Crippen LogP contribution in [0.25, 0.3) is 11.3 Å². The van der Waals surface area contributed by atoms with Crippen LogP contribution in [-0.2, 0) is 6.61 Å². The van der Waals surface area contributed by atoms with Crippen molar-refractivity contribution in [3.05, 3.63) is 64.9 Å². The Labute approximate surface area is 164 Å². The molecule has 0 aliphatic rings. The van der Waals surface area contributed by atoms with E-state index in [2.05, 4.69) is 9.89 Å². The summed E-state index contributed by atoms with van der Waals surface area (Å²) >= 11 is 5.96. The van der Waals surface area contributed by atoms with Crippen molar-refractivity contribution in [2.45, 2.75) is 32.7 Å². The molecule has 0 aliphatic carbocycles. The second kappa shape index (κ2) is 8.14. The van der Waals surface area contributed by atoms with Crippen molar-refractivity contribution < 1.29 is 27.2 Å². The molecule has 1 heterocycles. The highest BCUT2D eigenvalue weighted by molar-refractivity contribution is 6.30. The summed E-state index contributed by atoms with van der Waals surface area (Å²) in [5.41, 5.74) is 0.957. The number of aromatic nitrogens is 1. The Morgan fingerprint density at radius 2 is 1.86 bits per heavy atom. The number of benzene rings is 2. The van der Waals surface area contributed by atoms with E-state index < -0.39 is 6.36 Å². The molecule has 0 radical (unpaired) electrons. The summed E-state index contributed by atoms with van der Waals surface area (Å²) in [4.78, 5) is 0. The van der Waals surface area contributed by atoms with Gasteiger partial charge in [0.15, 0.2) is 0 Å². The maximum absolute atomic E-state index is 12.8. The van der Waals surface area contributed by atoms with E-state index in [4.69, 9.17) is 20.9 Å². The van der Waals surface area contributed by atoms with Crippen LogP contribution in [0.5, 0.6) is 11.5 Å². The quantitative estimate of drug-likeness (QED) is 0.458. The molecule has 28 heavy (non-hydrogen) atoms. The van der Waals surface area contributed by atoms with Gasteiger partial charge in [0.1, 0.15) is 29.6 Å². The molecular formula is C20H17ClF3NO3. The number of hydrogen-bond donors (Lipinski definition) is 0. The van der Waals surface area contributed by atoms with E-state index in [-0.39, 0.29) is 29.5 Å². The molecule has 0 N–H and O–H groups in total. The molecule has 0 unspecified atom stereocenters. The van der Waals surface area contributed by atoms with E-state index in [1.54, 1.807) is 30.3 Å². The average Bonchev–Trinajstić information content (AvgIpc) is 3.03. The van der Waals surface area contributed by atoms with E-state index in [9.17, 15) is 13.2 Å². The van der Waals surface area contributed by atoms with E-state index in [1.165, 1.54) is 18.2 Å². The van der Waals surface area contributed by atoms with Crippen LogP contribution in [0, 0.1) is 0 Å². The van der Waals surface area contributed by atoms with Crippen molar-refractivity contribution in [1.82, 2.24) is 5.16 Å². The van der Waals surface area contributed by atoms with Crippen molar-refractivity contribution in [3.8, 4) is 22.8 Å². The lowest BCUT2D eigenvalue weighted by Gasteiger charge is -2.13. The van der Waals surface area contributed by atoms with Crippen LogP contribution in [0.2, 0.25) is 5.02 Å². The minimum absolute atomic E-state index is 0.0464. The maximum Gasteiger partial charge on any atom is 0.573 e. The molecule has 148 valence electrons. The number of para-hydroxylation sites is 1. The standard InChI is InChI=1S/C20H17ClF3NO3/c1-12(2)19-16(11-26-14-7-5-6-13(21)10-14)18(25-28-19)15-8-3-4-9-17(15)27-20(22,23)24/h3-10,12H,11H2,1-2H3. The predicted molar refractivity (Wildman–Crippen MR) is 98.5 cm³/mol. The molecule has 0 spiro atoms. The molecule has 0 saturated heterocycles. The second-order valence-electron chi connectivity index (χ2n) is 6.32. The molecule has 0 atom stereocenters. The predicted octanol–water partition coefficient (Wildman–Crippen LogP) is 6.60. The lowest BCUT2D eigenvalue weighted by molar-refractivity contribution is -0.274.